The van der Waals surface area contributed by atoms with Gasteiger partial charge >= 0.3 is 0 Å². The van der Waals surface area contributed by atoms with E-state index < -0.39 is 10.0 Å². The molecule has 0 heterocycles. The molecule has 33 heavy (non-hydrogen) atoms. The predicted molar refractivity (Wildman–Crippen MR) is 132 cm³/mol. The number of sulfonamides is 1. The minimum Gasteiger partial charge on any atom is -0.457 e. The molecule has 0 aromatic heterocycles. The third-order valence-electron chi connectivity index (χ3n) is 5.52. The Labute approximate surface area is 196 Å². The van der Waals surface area contributed by atoms with Gasteiger partial charge in [-0.05, 0) is 86.3 Å². The number of amides is 1. The summed E-state index contributed by atoms with van der Waals surface area (Å²) in [4.78, 5) is 12.8. The van der Waals surface area contributed by atoms with E-state index in [4.69, 9.17) is 4.74 Å². The van der Waals surface area contributed by atoms with Crippen LogP contribution in [0, 0.1) is 20.8 Å². The van der Waals surface area contributed by atoms with E-state index in [-0.39, 0.29) is 18.5 Å². The molecule has 0 bridgehead atoms. The van der Waals surface area contributed by atoms with Gasteiger partial charge in [0.1, 0.15) is 18.0 Å². The molecule has 0 saturated heterocycles. The molecular formula is C26H30N2O4S. The molecule has 0 fully saturated rings. The highest BCUT2D eigenvalue weighted by Gasteiger charge is 2.22. The van der Waals surface area contributed by atoms with Gasteiger partial charge < -0.3 is 10.1 Å². The van der Waals surface area contributed by atoms with Crippen LogP contribution in [0.3, 0.4) is 0 Å². The van der Waals surface area contributed by atoms with Crippen LogP contribution in [0.25, 0.3) is 0 Å². The lowest BCUT2D eigenvalue weighted by molar-refractivity contribution is -0.120. The Morgan fingerprint density at radius 1 is 0.909 bits per heavy atom. The van der Waals surface area contributed by atoms with E-state index in [1.807, 2.05) is 51.1 Å². The van der Waals surface area contributed by atoms with Gasteiger partial charge in [-0.25, -0.2) is 8.42 Å². The molecule has 1 N–H and O–H groups in total. The number of carbonyl (C=O) groups is 1. The van der Waals surface area contributed by atoms with Crippen molar-refractivity contribution in [2.75, 3.05) is 17.1 Å². The fraction of sp³-hybridized carbons (Fsp3) is 0.269. The second-order valence-corrected chi connectivity index (χ2v) is 10.2. The van der Waals surface area contributed by atoms with E-state index in [1.165, 1.54) is 5.56 Å². The van der Waals surface area contributed by atoms with Crippen LogP contribution in [0.2, 0.25) is 0 Å². The lowest BCUT2D eigenvalue weighted by Crippen LogP contribution is -2.41. The van der Waals surface area contributed by atoms with Crippen molar-refractivity contribution in [1.82, 2.24) is 5.32 Å². The van der Waals surface area contributed by atoms with E-state index in [0.717, 1.165) is 27.3 Å². The lowest BCUT2D eigenvalue weighted by atomic mass is 9.96. The summed E-state index contributed by atoms with van der Waals surface area (Å²) in [6.07, 6.45) is 1.09. The molecule has 1 amide bonds. The monoisotopic (exact) mass is 466 g/mol. The van der Waals surface area contributed by atoms with E-state index >= 15 is 0 Å². The Hall–Kier alpha value is -3.32. The molecule has 3 rings (SSSR count). The number of nitrogens with one attached hydrogen (secondary N) is 1. The van der Waals surface area contributed by atoms with Crippen molar-refractivity contribution in [2.45, 2.75) is 33.7 Å². The van der Waals surface area contributed by atoms with Gasteiger partial charge in [0.05, 0.1) is 18.0 Å². The SMILES string of the molecule is Cc1cc(C)c([C@@H](C)NC(=O)CN(c2ccc(Oc3ccccc3)cc2)S(C)(=O)=O)cc1C. The van der Waals surface area contributed by atoms with Gasteiger partial charge in [0, 0.05) is 0 Å². The van der Waals surface area contributed by atoms with Gasteiger partial charge in [-0.1, -0.05) is 30.3 Å². The largest absolute Gasteiger partial charge is 0.457 e. The summed E-state index contributed by atoms with van der Waals surface area (Å²) in [5, 5.41) is 2.93. The number of rotatable bonds is 8. The van der Waals surface area contributed by atoms with Crippen LogP contribution in [-0.4, -0.2) is 27.1 Å². The smallest absolute Gasteiger partial charge is 0.241 e. The minimum atomic E-state index is -3.67. The zero-order valence-electron chi connectivity index (χ0n) is 19.6. The average Bonchev–Trinajstić information content (AvgIpc) is 2.75. The van der Waals surface area contributed by atoms with E-state index in [0.29, 0.717) is 17.2 Å². The first-order valence-corrected chi connectivity index (χ1v) is 12.6. The van der Waals surface area contributed by atoms with Crippen LogP contribution in [-0.2, 0) is 14.8 Å². The van der Waals surface area contributed by atoms with Crippen molar-refractivity contribution in [3.63, 3.8) is 0 Å². The summed E-state index contributed by atoms with van der Waals surface area (Å²) in [6, 6.07) is 19.8. The fourth-order valence-electron chi connectivity index (χ4n) is 3.65. The summed E-state index contributed by atoms with van der Waals surface area (Å²) in [7, 11) is -3.67. The van der Waals surface area contributed by atoms with E-state index in [2.05, 4.69) is 24.4 Å². The Morgan fingerprint density at radius 3 is 2.09 bits per heavy atom. The van der Waals surface area contributed by atoms with E-state index in [1.54, 1.807) is 24.3 Å². The molecule has 174 valence electrons. The number of hydrogen-bond donors (Lipinski definition) is 1. The molecule has 0 aliphatic carbocycles. The molecule has 3 aromatic carbocycles. The van der Waals surface area contributed by atoms with Crippen LogP contribution in [0.15, 0.2) is 66.7 Å². The zero-order valence-corrected chi connectivity index (χ0v) is 20.4. The van der Waals surface area contributed by atoms with E-state index in [9.17, 15) is 13.2 Å². The van der Waals surface area contributed by atoms with Crippen molar-refractivity contribution >= 4 is 21.6 Å². The first-order valence-electron chi connectivity index (χ1n) is 10.7. The van der Waals surface area contributed by atoms with Gasteiger partial charge in [-0.15, -0.1) is 0 Å². The van der Waals surface area contributed by atoms with Crippen LogP contribution in [0.5, 0.6) is 11.5 Å². The summed E-state index contributed by atoms with van der Waals surface area (Å²) in [6.45, 7) is 7.67. The number of benzene rings is 3. The van der Waals surface area contributed by atoms with Crippen LogP contribution in [0.4, 0.5) is 5.69 Å². The standard InChI is InChI=1S/C26H30N2O4S/c1-18-15-20(3)25(16-19(18)2)21(4)27-26(29)17-28(33(5,30)31)22-11-13-24(14-12-22)32-23-9-7-6-8-10-23/h6-16,21H,17H2,1-5H3,(H,27,29)/t21-/m1/s1. The summed E-state index contributed by atoms with van der Waals surface area (Å²) < 4.78 is 31.8. The molecule has 0 radical (unpaired) electrons. The maximum atomic E-state index is 12.8. The number of anilines is 1. The molecular weight excluding hydrogens is 436 g/mol. The van der Waals surface area contributed by atoms with Crippen molar-refractivity contribution in [3.05, 3.63) is 89.0 Å². The fourth-order valence-corrected chi connectivity index (χ4v) is 4.51. The molecule has 0 spiro atoms. The number of aryl methyl sites for hydroxylation is 3. The lowest BCUT2D eigenvalue weighted by Gasteiger charge is -2.24. The molecule has 6 nitrogen and oxygen atoms in total. The summed E-state index contributed by atoms with van der Waals surface area (Å²) in [5.41, 5.74) is 4.83. The second-order valence-electron chi connectivity index (χ2n) is 8.26. The number of ether oxygens (including phenoxy) is 1. The van der Waals surface area contributed by atoms with Gasteiger partial charge in [-0.3, -0.25) is 9.10 Å². The highest BCUT2D eigenvalue weighted by atomic mass is 32.2. The van der Waals surface area contributed by atoms with Crippen molar-refractivity contribution < 1.29 is 17.9 Å². The molecule has 0 aliphatic rings. The number of para-hydroxylation sites is 1. The van der Waals surface area contributed by atoms with Crippen LogP contribution >= 0.6 is 0 Å². The van der Waals surface area contributed by atoms with Gasteiger partial charge in [0.15, 0.2) is 0 Å². The Kier molecular flexibility index (Phi) is 7.43. The molecule has 3 aromatic rings. The zero-order chi connectivity index (χ0) is 24.2. The average molecular weight is 467 g/mol. The number of nitrogens with zero attached hydrogens (tertiary/aromatic N) is 1. The van der Waals surface area contributed by atoms with Crippen molar-refractivity contribution in [3.8, 4) is 11.5 Å². The van der Waals surface area contributed by atoms with Gasteiger partial charge in [0.25, 0.3) is 0 Å². The first-order chi connectivity index (χ1) is 15.5. The Bertz CT molecular complexity index is 1220. The third kappa shape index (κ3) is 6.35. The number of carbonyl (C=O) groups excluding carboxylic acids is 1. The molecule has 1 atom stereocenters. The highest BCUT2D eigenvalue weighted by Crippen LogP contribution is 2.26. The molecule has 0 aliphatic heterocycles. The van der Waals surface area contributed by atoms with Crippen molar-refractivity contribution in [2.24, 2.45) is 0 Å². The summed E-state index contributed by atoms with van der Waals surface area (Å²) >= 11 is 0. The van der Waals surface area contributed by atoms with Crippen LogP contribution < -0.4 is 14.4 Å². The molecule has 7 heteroatoms. The predicted octanol–water partition coefficient (Wildman–Crippen LogP) is 5.05. The van der Waals surface area contributed by atoms with Gasteiger partial charge in [0.2, 0.25) is 15.9 Å². The Balaban J connectivity index is 1.73. The molecule has 0 unspecified atom stereocenters. The Morgan fingerprint density at radius 2 is 1.48 bits per heavy atom. The summed E-state index contributed by atoms with van der Waals surface area (Å²) in [5.74, 6) is 0.872. The maximum absolute atomic E-state index is 12.8. The quantitative estimate of drug-likeness (QED) is 0.504. The number of hydrogen-bond acceptors (Lipinski definition) is 4. The highest BCUT2D eigenvalue weighted by molar-refractivity contribution is 7.92. The normalized spacial score (nSPS) is 12.2. The topological polar surface area (TPSA) is 75.7 Å². The van der Waals surface area contributed by atoms with Crippen LogP contribution in [0.1, 0.15) is 35.2 Å². The first kappa shape index (κ1) is 24.3. The second kappa shape index (κ2) is 10.1. The maximum Gasteiger partial charge on any atom is 0.241 e. The third-order valence-corrected chi connectivity index (χ3v) is 6.66. The van der Waals surface area contributed by atoms with Gasteiger partial charge in [-0.2, -0.15) is 0 Å². The minimum absolute atomic E-state index is 0.250. The van der Waals surface area contributed by atoms with Crippen molar-refractivity contribution in [1.29, 1.82) is 0 Å². The molecule has 0 saturated carbocycles.